The Balaban J connectivity index is 1.68. The second kappa shape index (κ2) is 11.3. The van der Waals surface area contributed by atoms with Gasteiger partial charge in [-0.15, -0.1) is 0 Å². The van der Waals surface area contributed by atoms with Crippen molar-refractivity contribution in [2.24, 2.45) is 0 Å². The summed E-state index contributed by atoms with van der Waals surface area (Å²) >= 11 is 0. The predicted molar refractivity (Wildman–Crippen MR) is 104 cm³/mol. The van der Waals surface area contributed by atoms with Gasteiger partial charge in [0.25, 0.3) is 0 Å². The molecule has 0 bridgehead atoms. The Morgan fingerprint density at radius 2 is 1.72 bits per heavy atom. The van der Waals surface area contributed by atoms with E-state index in [1.165, 1.54) is 37.7 Å². The molecular formula is C22H29NO2. The standard InChI is InChI=1S/C22H29NO2/c1-2-3-4-5-6-7-15-25-22-13-11-19(12-14-22)17-23-21-10-8-9-20(16-21)18-24/h8-14,16,18,23H,2-7,15,17H2,1H3. The van der Waals surface area contributed by atoms with Crippen LogP contribution in [0.2, 0.25) is 0 Å². The number of carbonyl (C=O) groups excluding carboxylic acids is 1. The molecule has 2 rings (SSSR count). The fraction of sp³-hybridized carbons (Fsp3) is 0.409. The molecule has 0 aliphatic rings. The second-order valence-corrected chi connectivity index (χ2v) is 6.36. The summed E-state index contributed by atoms with van der Waals surface area (Å²) in [5.74, 6) is 0.931. The molecule has 3 heteroatoms. The van der Waals surface area contributed by atoms with E-state index in [-0.39, 0.29) is 0 Å². The molecule has 3 nitrogen and oxygen atoms in total. The van der Waals surface area contributed by atoms with Crippen LogP contribution in [-0.4, -0.2) is 12.9 Å². The molecule has 0 atom stereocenters. The maximum atomic E-state index is 10.8. The lowest BCUT2D eigenvalue weighted by molar-refractivity contribution is 0.112. The number of hydrogen-bond acceptors (Lipinski definition) is 3. The molecule has 2 aromatic carbocycles. The van der Waals surface area contributed by atoms with Gasteiger partial charge in [-0.25, -0.2) is 0 Å². The molecule has 0 radical (unpaired) electrons. The van der Waals surface area contributed by atoms with E-state index in [9.17, 15) is 4.79 Å². The van der Waals surface area contributed by atoms with Crippen molar-refractivity contribution in [3.8, 4) is 5.75 Å². The molecule has 0 unspecified atom stereocenters. The smallest absolute Gasteiger partial charge is 0.150 e. The number of aldehydes is 1. The zero-order valence-corrected chi connectivity index (χ0v) is 15.2. The number of hydrogen-bond donors (Lipinski definition) is 1. The number of rotatable bonds is 12. The van der Waals surface area contributed by atoms with Crippen molar-refractivity contribution in [1.82, 2.24) is 0 Å². The Hall–Kier alpha value is -2.29. The highest BCUT2D eigenvalue weighted by atomic mass is 16.5. The van der Waals surface area contributed by atoms with Crippen molar-refractivity contribution in [2.45, 2.75) is 52.0 Å². The van der Waals surface area contributed by atoms with E-state index in [1.807, 2.05) is 30.3 Å². The average molecular weight is 339 g/mol. The van der Waals surface area contributed by atoms with Crippen LogP contribution in [0.15, 0.2) is 48.5 Å². The van der Waals surface area contributed by atoms with Crippen LogP contribution in [0.1, 0.15) is 61.4 Å². The molecule has 0 aromatic heterocycles. The molecular weight excluding hydrogens is 310 g/mol. The zero-order valence-electron chi connectivity index (χ0n) is 15.2. The van der Waals surface area contributed by atoms with Gasteiger partial charge in [0.05, 0.1) is 6.61 Å². The van der Waals surface area contributed by atoms with Crippen molar-refractivity contribution in [3.05, 3.63) is 59.7 Å². The van der Waals surface area contributed by atoms with E-state index in [4.69, 9.17) is 4.74 Å². The zero-order chi connectivity index (χ0) is 17.7. The molecule has 0 fully saturated rings. The summed E-state index contributed by atoms with van der Waals surface area (Å²) in [4.78, 5) is 10.8. The average Bonchev–Trinajstić information content (AvgIpc) is 2.67. The largest absolute Gasteiger partial charge is 0.494 e. The molecule has 0 heterocycles. The highest BCUT2D eigenvalue weighted by Crippen LogP contribution is 2.15. The quantitative estimate of drug-likeness (QED) is 0.389. The highest BCUT2D eigenvalue weighted by molar-refractivity contribution is 5.76. The van der Waals surface area contributed by atoms with Gasteiger partial charge >= 0.3 is 0 Å². The third-order valence-electron chi connectivity index (χ3n) is 4.21. The van der Waals surface area contributed by atoms with Crippen molar-refractivity contribution in [2.75, 3.05) is 11.9 Å². The summed E-state index contributed by atoms with van der Waals surface area (Å²) in [5, 5.41) is 3.33. The summed E-state index contributed by atoms with van der Waals surface area (Å²) in [6, 6.07) is 15.7. The minimum Gasteiger partial charge on any atom is -0.494 e. The number of benzene rings is 2. The van der Waals surface area contributed by atoms with Gasteiger partial charge in [-0.1, -0.05) is 63.3 Å². The maximum absolute atomic E-state index is 10.8. The lowest BCUT2D eigenvalue weighted by Crippen LogP contribution is -2.01. The third-order valence-corrected chi connectivity index (χ3v) is 4.21. The monoisotopic (exact) mass is 339 g/mol. The van der Waals surface area contributed by atoms with E-state index in [2.05, 4.69) is 24.4 Å². The van der Waals surface area contributed by atoms with Crippen molar-refractivity contribution in [1.29, 1.82) is 0 Å². The first-order valence-electron chi connectivity index (χ1n) is 9.32. The molecule has 0 aliphatic carbocycles. The van der Waals surface area contributed by atoms with Crippen LogP contribution < -0.4 is 10.1 Å². The SMILES string of the molecule is CCCCCCCCOc1ccc(CNc2cccc(C=O)c2)cc1. The fourth-order valence-electron chi connectivity index (χ4n) is 2.70. The van der Waals surface area contributed by atoms with Gasteiger partial charge in [0, 0.05) is 17.8 Å². The van der Waals surface area contributed by atoms with Crippen LogP contribution in [0.25, 0.3) is 0 Å². The van der Waals surface area contributed by atoms with Gasteiger partial charge in [0.1, 0.15) is 12.0 Å². The molecule has 0 spiro atoms. The summed E-state index contributed by atoms with van der Waals surface area (Å²) in [7, 11) is 0. The Labute approximate surface area is 151 Å². The van der Waals surface area contributed by atoms with Crippen molar-refractivity contribution in [3.63, 3.8) is 0 Å². The topological polar surface area (TPSA) is 38.3 Å². The van der Waals surface area contributed by atoms with Crippen LogP contribution in [0.5, 0.6) is 5.75 Å². The van der Waals surface area contributed by atoms with Crippen LogP contribution in [0, 0.1) is 0 Å². The molecule has 0 amide bonds. The number of unbranched alkanes of at least 4 members (excludes halogenated alkanes) is 5. The highest BCUT2D eigenvalue weighted by Gasteiger charge is 1.98. The molecule has 1 N–H and O–H groups in total. The molecule has 0 saturated carbocycles. The van der Waals surface area contributed by atoms with Crippen molar-refractivity contribution >= 4 is 12.0 Å². The minimum absolute atomic E-state index is 0.684. The number of nitrogens with one attached hydrogen (secondary N) is 1. The molecule has 0 saturated heterocycles. The van der Waals surface area contributed by atoms with Crippen LogP contribution in [-0.2, 0) is 6.54 Å². The Bertz CT molecular complexity index is 622. The van der Waals surface area contributed by atoms with Gasteiger partial charge in [0.2, 0.25) is 0 Å². The fourth-order valence-corrected chi connectivity index (χ4v) is 2.70. The first kappa shape index (κ1) is 19.0. The van der Waals surface area contributed by atoms with E-state index < -0.39 is 0 Å². The molecule has 0 aliphatic heterocycles. The van der Waals surface area contributed by atoms with Crippen LogP contribution in [0.4, 0.5) is 5.69 Å². The van der Waals surface area contributed by atoms with Gasteiger partial charge in [-0.05, 0) is 36.2 Å². The maximum Gasteiger partial charge on any atom is 0.150 e. The number of anilines is 1. The summed E-state index contributed by atoms with van der Waals surface area (Å²) in [6.07, 6.45) is 8.53. The van der Waals surface area contributed by atoms with E-state index in [0.29, 0.717) is 5.56 Å². The Morgan fingerprint density at radius 3 is 2.48 bits per heavy atom. The van der Waals surface area contributed by atoms with E-state index >= 15 is 0 Å². The van der Waals surface area contributed by atoms with Gasteiger partial charge in [0.15, 0.2) is 0 Å². The van der Waals surface area contributed by atoms with Crippen LogP contribution >= 0.6 is 0 Å². The molecule has 25 heavy (non-hydrogen) atoms. The second-order valence-electron chi connectivity index (χ2n) is 6.36. The van der Waals surface area contributed by atoms with Gasteiger partial charge < -0.3 is 10.1 Å². The summed E-state index contributed by atoms with van der Waals surface area (Å²) < 4.78 is 5.80. The third kappa shape index (κ3) is 7.42. The summed E-state index contributed by atoms with van der Waals surface area (Å²) in [6.45, 7) is 3.76. The lowest BCUT2D eigenvalue weighted by atomic mass is 10.1. The molecule has 2 aromatic rings. The van der Waals surface area contributed by atoms with E-state index in [1.54, 1.807) is 6.07 Å². The Morgan fingerprint density at radius 1 is 0.960 bits per heavy atom. The van der Waals surface area contributed by atoms with Gasteiger partial charge in [-0.2, -0.15) is 0 Å². The minimum atomic E-state index is 0.684. The van der Waals surface area contributed by atoms with Gasteiger partial charge in [-0.3, -0.25) is 4.79 Å². The number of ether oxygens (including phenoxy) is 1. The lowest BCUT2D eigenvalue weighted by Gasteiger charge is -2.09. The number of carbonyl (C=O) groups is 1. The normalized spacial score (nSPS) is 10.4. The predicted octanol–water partition coefficient (Wildman–Crippen LogP) is 5.85. The summed E-state index contributed by atoms with van der Waals surface area (Å²) in [5.41, 5.74) is 2.82. The van der Waals surface area contributed by atoms with Crippen molar-refractivity contribution < 1.29 is 9.53 Å². The van der Waals surface area contributed by atoms with Crippen LogP contribution in [0.3, 0.4) is 0 Å². The molecule has 134 valence electrons. The Kier molecular flexibility index (Phi) is 8.60. The first-order valence-corrected chi connectivity index (χ1v) is 9.32. The van der Waals surface area contributed by atoms with E-state index in [0.717, 1.165) is 37.3 Å². The first-order chi connectivity index (χ1) is 12.3.